The molecule has 0 saturated heterocycles. The topological polar surface area (TPSA) is 58.3 Å². The highest BCUT2D eigenvalue weighted by molar-refractivity contribution is 6.29. The van der Waals surface area contributed by atoms with Gasteiger partial charge >= 0.3 is 0 Å². The van der Waals surface area contributed by atoms with Gasteiger partial charge in [0.05, 0.1) is 6.07 Å². The zero-order valence-electron chi connectivity index (χ0n) is 5.98. The van der Waals surface area contributed by atoms with Crippen LogP contribution in [0.2, 0.25) is 5.15 Å². The fraction of sp³-hybridized carbons (Fsp3) is 0. The summed E-state index contributed by atoms with van der Waals surface area (Å²) in [5.74, 6) is 0.660. The Labute approximate surface area is 73.1 Å². The lowest BCUT2D eigenvalue weighted by Crippen LogP contribution is -2.32. The first-order chi connectivity index (χ1) is 5.86. The lowest BCUT2D eigenvalue weighted by Gasteiger charge is -1.89. The Balaban J connectivity index is 2.48. The molecule has 2 aromatic heterocycles. The number of nitrogens with zero attached hydrogens (tertiary/aromatic N) is 4. The molecule has 0 unspecified atom stereocenters. The molecule has 0 aliphatic heterocycles. The first kappa shape index (κ1) is 7.17. The predicted molar refractivity (Wildman–Crippen MR) is 40.7 cm³/mol. The van der Waals surface area contributed by atoms with Gasteiger partial charge in [-0.3, -0.25) is 0 Å². The number of halogens is 1. The van der Waals surface area contributed by atoms with Gasteiger partial charge in [-0.2, -0.15) is 0 Å². The minimum Gasteiger partial charge on any atom is -0.217 e. The summed E-state index contributed by atoms with van der Waals surface area (Å²) in [6.45, 7) is 0. The molecule has 5 nitrogen and oxygen atoms in total. The van der Waals surface area contributed by atoms with Crippen LogP contribution in [0, 0.1) is 0 Å². The van der Waals surface area contributed by atoms with Gasteiger partial charge in [0, 0.05) is 0 Å². The van der Waals surface area contributed by atoms with E-state index >= 15 is 0 Å². The summed E-state index contributed by atoms with van der Waals surface area (Å²) >= 11 is 5.66. The van der Waals surface area contributed by atoms with Gasteiger partial charge < -0.3 is 0 Å². The van der Waals surface area contributed by atoms with Gasteiger partial charge in [0.15, 0.2) is 12.7 Å². The van der Waals surface area contributed by atoms with Gasteiger partial charge in [0.2, 0.25) is 6.33 Å². The summed E-state index contributed by atoms with van der Waals surface area (Å²) in [5, 5.41) is 3.24. The number of aromatic nitrogens is 5. The second-order valence-electron chi connectivity index (χ2n) is 2.09. The van der Waals surface area contributed by atoms with Gasteiger partial charge in [-0.25, -0.2) is 10.1 Å². The third-order valence-corrected chi connectivity index (χ3v) is 1.53. The molecule has 0 aliphatic rings. The molecule has 0 radical (unpaired) electrons. The summed E-state index contributed by atoms with van der Waals surface area (Å²) in [6, 6.07) is 1.64. The predicted octanol–water partition coefficient (Wildman–Crippen LogP) is 0.130. The lowest BCUT2D eigenvalue weighted by molar-refractivity contribution is -0.660. The van der Waals surface area contributed by atoms with Crippen molar-refractivity contribution in [3.63, 3.8) is 0 Å². The van der Waals surface area contributed by atoms with Crippen LogP contribution in [0.5, 0.6) is 0 Å². The van der Waals surface area contributed by atoms with Crippen LogP contribution < -0.4 is 4.68 Å². The second-order valence-corrected chi connectivity index (χ2v) is 2.48. The fourth-order valence-electron chi connectivity index (χ4n) is 0.810. The molecule has 0 fully saturated rings. The van der Waals surface area contributed by atoms with Crippen molar-refractivity contribution in [3.8, 4) is 5.82 Å². The standard InChI is InChI=1S/C6H4ClN5/c7-5-1-6(10-3-9-5)12-4-8-2-11-12/h1-4H/p+1. The largest absolute Gasteiger partial charge is 0.289 e. The van der Waals surface area contributed by atoms with Crippen molar-refractivity contribution in [3.05, 3.63) is 30.2 Å². The highest BCUT2D eigenvalue weighted by atomic mass is 35.5. The van der Waals surface area contributed by atoms with Crippen molar-refractivity contribution < 1.29 is 4.68 Å². The maximum absolute atomic E-state index is 5.66. The molecule has 6 heteroatoms. The van der Waals surface area contributed by atoms with E-state index in [1.54, 1.807) is 23.4 Å². The van der Waals surface area contributed by atoms with Crippen LogP contribution in [0.3, 0.4) is 0 Å². The monoisotopic (exact) mass is 182 g/mol. The summed E-state index contributed by atoms with van der Waals surface area (Å²) in [6.07, 6.45) is 4.54. The van der Waals surface area contributed by atoms with Crippen molar-refractivity contribution >= 4 is 11.6 Å². The molecule has 0 saturated carbocycles. The zero-order chi connectivity index (χ0) is 8.39. The number of aromatic amines is 1. The molecule has 0 atom stereocenters. The Morgan fingerprint density at radius 1 is 1.42 bits per heavy atom. The van der Waals surface area contributed by atoms with Crippen molar-refractivity contribution in [2.45, 2.75) is 0 Å². The van der Waals surface area contributed by atoms with E-state index < -0.39 is 0 Å². The summed E-state index contributed by atoms with van der Waals surface area (Å²) < 4.78 is 1.63. The quantitative estimate of drug-likeness (QED) is 0.504. The summed E-state index contributed by atoms with van der Waals surface area (Å²) in [4.78, 5) is 11.6. The van der Waals surface area contributed by atoms with Gasteiger partial charge in [-0.1, -0.05) is 21.6 Å². The molecule has 0 bridgehead atoms. The number of hydrogen-bond acceptors (Lipinski definition) is 3. The van der Waals surface area contributed by atoms with E-state index in [-0.39, 0.29) is 0 Å². The maximum atomic E-state index is 5.66. The Hall–Kier alpha value is -1.49. The van der Waals surface area contributed by atoms with Crippen LogP contribution >= 0.6 is 11.6 Å². The normalized spacial score (nSPS) is 10.1. The van der Waals surface area contributed by atoms with Crippen LogP contribution in [0.4, 0.5) is 0 Å². The minimum absolute atomic E-state index is 0.405. The average Bonchev–Trinajstić information content (AvgIpc) is 2.56. The highest BCUT2D eigenvalue weighted by Gasteiger charge is 2.05. The van der Waals surface area contributed by atoms with E-state index in [0.29, 0.717) is 11.0 Å². The van der Waals surface area contributed by atoms with E-state index in [0.717, 1.165) is 0 Å². The van der Waals surface area contributed by atoms with Gasteiger partial charge in [-0.15, -0.1) is 4.68 Å². The Morgan fingerprint density at radius 3 is 3.00 bits per heavy atom. The van der Waals surface area contributed by atoms with Crippen LogP contribution in [0.1, 0.15) is 0 Å². The Kier molecular flexibility index (Phi) is 1.71. The number of hydrogen-bond donors (Lipinski definition) is 1. The molecule has 0 aliphatic carbocycles. The minimum atomic E-state index is 0.405. The molecule has 1 N–H and O–H groups in total. The van der Waals surface area contributed by atoms with Gasteiger partial charge in [-0.05, 0) is 0 Å². The van der Waals surface area contributed by atoms with E-state index in [2.05, 4.69) is 20.1 Å². The third kappa shape index (κ3) is 1.26. The van der Waals surface area contributed by atoms with Gasteiger partial charge in [0.1, 0.15) is 5.15 Å². The van der Waals surface area contributed by atoms with Crippen molar-refractivity contribution in [2.24, 2.45) is 0 Å². The van der Waals surface area contributed by atoms with Crippen LogP contribution in [0.25, 0.3) is 5.82 Å². The first-order valence-corrected chi connectivity index (χ1v) is 3.62. The SMILES string of the molecule is Clc1cc(-[n+]2cnc[nH]2)ncn1. The first-order valence-electron chi connectivity index (χ1n) is 3.24. The van der Waals surface area contributed by atoms with E-state index in [1.807, 2.05) is 0 Å². The molecule has 60 valence electrons. The molecular formula is C6H5ClN5+. The molecule has 2 rings (SSSR count). The highest BCUT2D eigenvalue weighted by Crippen LogP contribution is 2.02. The van der Waals surface area contributed by atoms with E-state index in [1.165, 1.54) is 6.33 Å². The zero-order valence-corrected chi connectivity index (χ0v) is 6.73. The molecule has 0 spiro atoms. The van der Waals surface area contributed by atoms with Gasteiger partial charge in [0.25, 0.3) is 5.82 Å². The fourth-order valence-corrected chi connectivity index (χ4v) is 0.951. The van der Waals surface area contributed by atoms with Crippen LogP contribution in [-0.2, 0) is 0 Å². The summed E-state index contributed by atoms with van der Waals surface area (Å²) in [5.41, 5.74) is 0. The number of rotatable bonds is 1. The maximum Gasteiger partial charge on any atom is 0.289 e. The lowest BCUT2D eigenvalue weighted by atomic mass is 10.6. The van der Waals surface area contributed by atoms with Crippen molar-refractivity contribution in [1.29, 1.82) is 0 Å². The third-order valence-electron chi connectivity index (χ3n) is 1.32. The second kappa shape index (κ2) is 2.86. The average molecular weight is 183 g/mol. The Bertz CT molecular complexity index is 371. The van der Waals surface area contributed by atoms with Crippen molar-refractivity contribution in [1.82, 2.24) is 20.1 Å². The van der Waals surface area contributed by atoms with Crippen molar-refractivity contribution in [2.75, 3.05) is 0 Å². The number of H-pyrrole nitrogens is 1. The molecule has 0 aromatic carbocycles. The Morgan fingerprint density at radius 2 is 2.33 bits per heavy atom. The van der Waals surface area contributed by atoms with Crippen LogP contribution in [0.15, 0.2) is 25.0 Å². The molecule has 12 heavy (non-hydrogen) atoms. The molecule has 2 aromatic rings. The summed E-state index contributed by atoms with van der Waals surface area (Å²) in [7, 11) is 0. The smallest absolute Gasteiger partial charge is 0.217 e. The van der Waals surface area contributed by atoms with E-state index in [9.17, 15) is 0 Å². The number of nitrogens with one attached hydrogen (secondary N) is 1. The van der Waals surface area contributed by atoms with E-state index in [4.69, 9.17) is 11.6 Å². The molecule has 2 heterocycles. The van der Waals surface area contributed by atoms with Crippen LogP contribution in [-0.4, -0.2) is 20.1 Å². The molecule has 0 amide bonds. The molecular weight excluding hydrogens is 178 g/mol.